The van der Waals surface area contributed by atoms with Crippen LogP contribution in [-0.2, 0) is 19.1 Å². The van der Waals surface area contributed by atoms with Crippen molar-refractivity contribution >= 4 is 17.7 Å². The Balaban J connectivity index is 3.14. The number of esters is 2. The fourth-order valence-electron chi connectivity index (χ4n) is 1.93. The molecule has 0 aromatic rings. The van der Waals surface area contributed by atoms with Gasteiger partial charge < -0.3 is 14.9 Å². The van der Waals surface area contributed by atoms with Crippen LogP contribution in [0, 0.1) is 5.41 Å². The summed E-state index contributed by atoms with van der Waals surface area (Å²) in [6.45, 7) is 4.04. The SMILES string of the molecule is CC(=N)CC(=O)OCCCCCCCCCCOC(C)=O. The number of unbranched alkanes of at least 4 members (excludes halogenated alkanes) is 7. The van der Waals surface area contributed by atoms with E-state index < -0.39 is 0 Å². The lowest BCUT2D eigenvalue weighted by molar-refractivity contribution is -0.142. The minimum absolute atomic E-state index is 0.105. The quantitative estimate of drug-likeness (QED) is 0.320. The van der Waals surface area contributed by atoms with Crippen LogP contribution < -0.4 is 0 Å². The van der Waals surface area contributed by atoms with Gasteiger partial charge in [0.25, 0.3) is 0 Å². The second-order valence-corrected chi connectivity index (χ2v) is 5.35. The first-order chi connectivity index (χ1) is 10.0. The lowest BCUT2D eigenvalue weighted by Crippen LogP contribution is -2.09. The summed E-state index contributed by atoms with van der Waals surface area (Å²) in [4.78, 5) is 21.7. The van der Waals surface area contributed by atoms with Crippen molar-refractivity contribution in [1.29, 1.82) is 5.41 Å². The second-order valence-electron chi connectivity index (χ2n) is 5.35. The second kappa shape index (κ2) is 13.6. The molecule has 0 unspecified atom stereocenters. The van der Waals surface area contributed by atoms with E-state index in [1.54, 1.807) is 6.92 Å². The van der Waals surface area contributed by atoms with Gasteiger partial charge in [-0.05, 0) is 19.8 Å². The molecule has 0 radical (unpaired) electrons. The first-order valence-electron chi connectivity index (χ1n) is 7.85. The maximum absolute atomic E-state index is 11.2. The molecule has 0 amide bonds. The van der Waals surface area contributed by atoms with E-state index >= 15 is 0 Å². The number of hydrogen-bond donors (Lipinski definition) is 1. The van der Waals surface area contributed by atoms with Gasteiger partial charge in [-0.1, -0.05) is 38.5 Å². The smallest absolute Gasteiger partial charge is 0.311 e. The monoisotopic (exact) mass is 299 g/mol. The van der Waals surface area contributed by atoms with Gasteiger partial charge in [0, 0.05) is 12.6 Å². The van der Waals surface area contributed by atoms with Gasteiger partial charge in [0.2, 0.25) is 0 Å². The minimum Gasteiger partial charge on any atom is -0.466 e. The highest BCUT2D eigenvalue weighted by atomic mass is 16.5. The van der Waals surface area contributed by atoms with E-state index in [-0.39, 0.29) is 18.4 Å². The van der Waals surface area contributed by atoms with Gasteiger partial charge in [0.15, 0.2) is 0 Å². The van der Waals surface area contributed by atoms with E-state index in [4.69, 9.17) is 14.9 Å². The van der Waals surface area contributed by atoms with E-state index in [1.165, 1.54) is 26.2 Å². The standard InChI is InChI=1S/C16H29NO4/c1-14(17)13-16(19)21-12-10-8-6-4-3-5-7-9-11-20-15(2)18/h17H,3-13H2,1-2H3. The molecule has 122 valence electrons. The summed E-state index contributed by atoms with van der Waals surface area (Å²) in [7, 11) is 0. The number of carbonyl (C=O) groups excluding carboxylic acids is 2. The molecule has 0 aliphatic rings. The maximum Gasteiger partial charge on any atom is 0.311 e. The van der Waals surface area contributed by atoms with Crippen LogP contribution in [0.2, 0.25) is 0 Å². The molecule has 0 fully saturated rings. The van der Waals surface area contributed by atoms with Gasteiger partial charge in [0.1, 0.15) is 0 Å². The van der Waals surface area contributed by atoms with Gasteiger partial charge >= 0.3 is 11.9 Å². The molecule has 0 saturated carbocycles. The van der Waals surface area contributed by atoms with Crippen LogP contribution in [0.5, 0.6) is 0 Å². The average molecular weight is 299 g/mol. The highest BCUT2D eigenvalue weighted by molar-refractivity contribution is 5.95. The summed E-state index contributed by atoms with van der Waals surface area (Å²) in [5.41, 5.74) is 0.341. The zero-order chi connectivity index (χ0) is 15.9. The Labute approximate surface area is 127 Å². The predicted octanol–water partition coefficient (Wildman–Crippen LogP) is 3.64. The van der Waals surface area contributed by atoms with Gasteiger partial charge in [-0.25, -0.2) is 0 Å². The molecule has 0 saturated heterocycles. The maximum atomic E-state index is 11.2. The van der Waals surface area contributed by atoms with Crippen LogP contribution in [0.25, 0.3) is 0 Å². The van der Waals surface area contributed by atoms with Crippen LogP contribution >= 0.6 is 0 Å². The number of rotatable bonds is 13. The molecule has 0 atom stereocenters. The summed E-state index contributed by atoms with van der Waals surface area (Å²) < 4.78 is 9.89. The zero-order valence-corrected chi connectivity index (χ0v) is 13.4. The Bertz CT molecular complexity index is 315. The van der Waals surface area contributed by atoms with E-state index in [0.29, 0.717) is 18.9 Å². The highest BCUT2D eigenvalue weighted by Crippen LogP contribution is 2.09. The van der Waals surface area contributed by atoms with Crippen molar-refractivity contribution in [2.75, 3.05) is 13.2 Å². The predicted molar refractivity (Wildman–Crippen MR) is 82.5 cm³/mol. The third-order valence-electron chi connectivity index (χ3n) is 3.02. The molecule has 0 rings (SSSR count). The van der Waals surface area contributed by atoms with E-state index in [0.717, 1.165) is 32.1 Å². The van der Waals surface area contributed by atoms with Gasteiger partial charge in [-0.2, -0.15) is 0 Å². The number of carbonyl (C=O) groups is 2. The molecule has 0 aromatic heterocycles. The van der Waals surface area contributed by atoms with Crippen molar-refractivity contribution < 1.29 is 19.1 Å². The summed E-state index contributed by atoms with van der Waals surface area (Å²) in [6, 6.07) is 0. The number of ether oxygens (including phenoxy) is 2. The first kappa shape index (κ1) is 19.6. The van der Waals surface area contributed by atoms with Crippen molar-refractivity contribution in [1.82, 2.24) is 0 Å². The summed E-state index contributed by atoms with van der Waals surface area (Å²) in [5, 5.41) is 7.17. The molecular weight excluding hydrogens is 270 g/mol. The van der Waals surface area contributed by atoms with Gasteiger partial charge in [-0.3, -0.25) is 9.59 Å². The van der Waals surface area contributed by atoms with Gasteiger partial charge in [-0.15, -0.1) is 0 Å². The molecule has 21 heavy (non-hydrogen) atoms. The molecule has 0 heterocycles. The van der Waals surface area contributed by atoms with Crippen LogP contribution in [0.15, 0.2) is 0 Å². The summed E-state index contributed by atoms with van der Waals surface area (Å²) in [6.07, 6.45) is 8.86. The fraction of sp³-hybridized carbons (Fsp3) is 0.812. The average Bonchev–Trinajstić information content (AvgIpc) is 2.38. The molecule has 1 N–H and O–H groups in total. The lowest BCUT2D eigenvalue weighted by atomic mass is 10.1. The van der Waals surface area contributed by atoms with Crippen molar-refractivity contribution in [3.05, 3.63) is 0 Å². The van der Waals surface area contributed by atoms with Crippen molar-refractivity contribution in [3.8, 4) is 0 Å². The molecule has 0 aliphatic carbocycles. The molecule has 5 nitrogen and oxygen atoms in total. The lowest BCUT2D eigenvalue weighted by Gasteiger charge is -2.05. The van der Waals surface area contributed by atoms with Crippen LogP contribution in [0.4, 0.5) is 0 Å². The third-order valence-corrected chi connectivity index (χ3v) is 3.02. The van der Waals surface area contributed by atoms with E-state index in [1.807, 2.05) is 0 Å². The minimum atomic E-state index is -0.296. The van der Waals surface area contributed by atoms with Crippen LogP contribution in [0.1, 0.15) is 71.6 Å². The Morgan fingerprint density at radius 2 is 1.19 bits per heavy atom. The van der Waals surface area contributed by atoms with Crippen molar-refractivity contribution in [2.24, 2.45) is 0 Å². The number of hydrogen-bond acceptors (Lipinski definition) is 5. The Morgan fingerprint density at radius 1 is 0.762 bits per heavy atom. The molecule has 0 aliphatic heterocycles. The van der Waals surface area contributed by atoms with Crippen LogP contribution in [-0.4, -0.2) is 30.9 Å². The largest absolute Gasteiger partial charge is 0.466 e. The topological polar surface area (TPSA) is 76.5 Å². The number of nitrogens with one attached hydrogen (secondary N) is 1. The van der Waals surface area contributed by atoms with Crippen molar-refractivity contribution in [2.45, 2.75) is 71.6 Å². The Morgan fingerprint density at radius 3 is 1.62 bits per heavy atom. The molecule has 5 heteroatoms. The Hall–Kier alpha value is -1.39. The van der Waals surface area contributed by atoms with Crippen LogP contribution in [0.3, 0.4) is 0 Å². The zero-order valence-electron chi connectivity index (χ0n) is 13.4. The third kappa shape index (κ3) is 16.6. The Kier molecular flexibility index (Phi) is 12.7. The normalized spacial score (nSPS) is 10.2. The fourth-order valence-corrected chi connectivity index (χ4v) is 1.93. The van der Waals surface area contributed by atoms with Crippen molar-refractivity contribution in [3.63, 3.8) is 0 Å². The first-order valence-corrected chi connectivity index (χ1v) is 7.85. The molecule has 0 bridgehead atoms. The molecule has 0 aromatic carbocycles. The van der Waals surface area contributed by atoms with Gasteiger partial charge in [0.05, 0.1) is 19.6 Å². The molecular formula is C16H29NO4. The van der Waals surface area contributed by atoms with E-state index in [9.17, 15) is 9.59 Å². The van der Waals surface area contributed by atoms with E-state index in [2.05, 4.69) is 0 Å². The summed E-state index contributed by atoms with van der Waals surface area (Å²) >= 11 is 0. The summed E-state index contributed by atoms with van der Waals surface area (Å²) in [5.74, 6) is -0.498. The highest BCUT2D eigenvalue weighted by Gasteiger charge is 2.03. The molecule has 0 spiro atoms.